The molecule has 0 aromatic carbocycles. The summed E-state index contributed by atoms with van der Waals surface area (Å²) in [6.07, 6.45) is 4.30. The highest BCUT2D eigenvalue weighted by molar-refractivity contribution is 7.89. The third kappa shape index (κ3) is 1.98. The average molecular weight is 230 g/mol. The Balaban J connectivity index is 2.24. The van der Waals surface area contributed by atoms with Crippen LogP contribution in [0.2, 0.25) is 0 Å². The maximum absolute atomic E-state index is 11.8. The second-order valence-electron chi connectivity index (χ2n) is 3.80. The molecule has 1 heterocycles. The van der Waals surface area contributed by atoms with Crippen molar-refractivity contribution in [2.45, 2.75) is 30.2 Å². The van der Waals surface area contributed by atoms with Crippen LogP contribution in [-0.4, -0.2) is 24.2 Å². The van der Waals surface area contributed by atoms with Gasteiger partial charge < -0.3 is 5.73 Å². The molecule has 1 aromatic heterocycles. The van der Waals surface area contributed by atoms with Crippen molar-refractivity contribution in [3.8, 4) is 0 Å². The summed E-state index contributed by atoms with van der Waals surface area (Å²) in [7, 11) is -1.85. The zero-order valence-electron chi connectivity index (χ0n) is 8.47. The molecule has 7 heteroatoms. The summed E-state index contributed by atoms with van der Waals surface area (Å²) in [4.78, 5) is 0.0666. The molecular weight excluding hydrogens is 216 g/mol. The third-order valence-electron chi connectivity index (χ3n) is 2.54. The lowest BCUT2D eigenvalue weighted by atomic mass is 9.94. The first-order valence-electron chi connectivity index (χ1n) is 4.80. The molecule has 1 aromatic rings. The number of hydrogen-bond acceptors (Lipinski definition) is 4. The van der Waals surface area contributed by atoms with Crippen LogP contribution in [0.5, 0.6) is 0 Å². The van der Waals surface area contributed by atoms with Crippen molar-refractivity contribution < 1.29 is 8.42 Å². The van der Waals surface area contributed by atoms with E-state index < -0.39 is 10.0 Å². The number of nitrogens with one attached hydrogen (secondary N) is 1. The van der Waals surface area contributed by atoms with Crippen molar-refractivity contribution in [1.82, 2.24) is 14.5 Å². The van der Waals surface area contributed by atoms with Crippen LogP contribution in [-0.2, 0) is 17.1 Å². The van der Waals surface area contributed by atoms with E-state index in [4.69, 9.17) is 5.73 Å². The van der Waals surface area contributed by atoms with Crippen molar-refractivity contribution >= 4 is 15.8 Å². The van der Waals surface area contributed by atoms with Gasteiger partial charge >= 0.3 is 0 Å². The summed E-state index contributed by atoms with van der Waals surface area (Å²) in [6.45, 7) is 0. The molecule has 0 amide bonds. The number of sulfonamides is 1. The molecule has 15 heavy (non-hydrogen) atoms. The maximum atomic E-state index is 11.8. The first-order valence-corrected chi connectivity index (χ1v) is 6.29. The standard InChI is InChI=1S/C8H14N4O2S/c1-12-5-7(8(9)10-12)15(13,14)11-6-3-2-4-6/h5-6,11H,2-4H2,1H3,(H2,9,10). The monoisotopic (exact) mass is 230 g/mol. The SMILES string of the molecule is Cn1cc(S(=O)(=O)NC2CCC2)c(N)n1. The van der Waals surface area contributed by atoms with Gasteiger partial charge in [-0.2, -0.15) is 5.10 Å². The number of hydrogen-bond donors (Lipinski definition) is 2. The summed E-state index contributed by atoms with van der Waals surface area (Å²) in [5.41, 5.74) is 5.51. The molecular formula is C8H14N4O2S. The van der Waals surface area contributed by atoms with Crippen molar-refractivity contribution in [3.05, 3.63) is 6.20 Å². The van der Waals surface area contributed by atoms with E-state index in [1.165, 1.54) is 10.9 Å². The topological polar surface area (TPSA) is 90.0 Å². The van der Waals surface area contributed by atoms with E-state index in [0.29, 0.717) is 0 Å². The highest BCUT2D eigenvalue weighted by atomic mass is 32.2. The second-order valence-corrected chi connectivity index (χ2v) is 5.48. The van der Waals surface area contributed by atoms with E-state index in [0.717, 1.165) is 19.3 Å². The number of nitrogens with zero attached hydrogens (tertiary/aromatic N) is 2. The molecule has 0 aliphatic heterocycles. The van der Waals surface area contributed by atoms with Gasteiger partial charge in [0.2, 0.25) is 10.0 Å². The molecule has 3 N–H and O–H groups in total. The third-order valence-corrected chi connectivity index (χ3v) is 4.08. The van der Waals surface area contributed by atoms with E-state index in [-0.39, 0.29) is 16.8 Å². The van der Waals surface area contributed by atoms with Crippen LogP contribution in [0, 0.1) is 0 Å². The minimum Gasteiger partial charge on any atom is -0.381 e. The Bertz CT molecular complexity index is 461. The van der Waals surface area contributed by atoms with Gasteiger partial charge in [-0.1, -0.05) is 6.42 Å². The molecule has 2 rings (SSSR count). The van der Waals surface area contributed by atoms with Crippen molar-refractivity contribution in [1.29, 1.82) is 0 Å². The summed E-state index contributed by atoms with van der Waals surface area (Å²) in [5, 5.41) is 3.80. The van der Waals surface area contributed by atoms with Crippen LogP contribution in [0.25, 0.3) is 0 Å². The van der Waals surface area contributed by atoms with Gasteiger partial charge in [-0.05, 0) is 12.8 Å². The summed E-state index contributed by atoms with van der Waals surface area (Å²) >= 11 is 0. The fourth-order valence-electron chi connectivity index (χ4n) is 1.50. The van der Waals surface area contributed by atoms with Crippen molar-refractivity contribution in [2.75, 3.05) is 5.73 Å². The van der Waals surface area contributed by atoms with Gasteiger partial charge in [0, 0.05) is 19.3 Å². The lowest BCUT2D eigenvalue weighted by Gasteiger charge is -2.25. The molecule has 84 valence electrons. The minimum absolute atomic E-state index is 0.0457. The molecule has 0 atom stereocenters. The number of anilines is 1. The highest BCUT2D eigenvalue weighted by Gasteiger charge is 2.27. The molecule has 1 aliphatic carbocycles. The lowest BCUT2D eigenvalue weighted by molar-refractivity contribution is 0.383. The Kier molecular flexibility index (Phi) is 2.43. The van der Waals surface area contributed by atoms with Crippen LogP contribution < -0.4 is 10.5 Å². The predicted octanol–water partition coefficient (Wildman–Crippen LogP) is -0.167. The van der Waals surface area contributed by atoms with Crippen LogP contribution >= 0.6 is 0 Å². The predicted molar refractivity (Wildman–Crippen MR) is 55.6 cm³/mol. The highest BCUT2D eigenvalue weighted by Crippen LogP contribution is 2.22. The normalized spacial score (nSPS) is 17.7. The van der Waals surface area contributed by atoms with Gasteiger partial charge in [-0.25, -0.2) is 13.1 Å². The zero-order chi connectivity index (χ0) is 11.1. The molecule has 0 bridgehead atoms. The second kappa shape index (κ2) is 3.49. The number of nitrogen functional groups attached to an aromatic ring is 1. The largest absolute Gasteiger partial charge is 0.381 e. The maximum Gasteiger partial charge on any atom is 0.246 e. The van der Waals surface area contributed by atoms with Crippen LogP contribution in [0.15, 0.2) is 11.1 Å². The zero-order valence-corrected chi connectivity index (χ0v) is 9.29. The molecule has 1 fully saturated rings. The van der Waals surface area contributed by atoms with Gasteiger partial charge in [0.1, 0.15) is 4.90 Å². The Morgan fingerprint density at radius 1 is 1.60 bits per heavy atom. The molecule has 0 saturated heterocycles. The van der Waals surface area contributed by atoms with Crippen molar-refractivity contribution in [2.24, 2.45) is 7.05 Å². The summed E-state index contributed by atoms with van der Waals surface area (Å²) in [5.74, 6) is 0.0457. The molecule has 1 saturated carbocycles. The summed E-state index contributed by atoms with van der Waals surface area (Å²) in [6, 6.07) is 0.0645. The van der Waals surface area contributed by atoms with Crippen molar-refractivity contribution in [3.63, 3.8) is 0 Å². The number of nitrogens with two attached hydrogens (primary N) is 1. The molecule has 0 radical (unpaired) electrons. The van der Waals surface area contributed by atoms with Gasteiger partial charge in [-0.15, -0.1) is 0 Å². The van der Waals surface area contributed by atoms with Gasteiger partial charge in [-0.3, -0.25) is 4.68 Å². The van der Waals surface area contributed by atoms with Gasteiger partial charge in [0.25, 0.3) is 0 Å². The van der Waals surface area contributed by atoms with E-state index in [1.54, 1.807) is 7.05 Å². The number of aromatic nitrogens is 2. The fourth-order valence-corrected chi connectivity index (χ4v) is 2.91. The average Bonchev–Trinajstić information content (AvgIpc) is 2.39. The molecule has 1 aliphatic rings. The van der Waals surface area contributed by atoms with Crippen LogP contribution in [0.1, 0.15) is 19.3 Å². The Morgan fingerprint density at radius 2 is 2.27 bits per heavy atom. The smallest absolute Gasteiger partial charge is 0.246 e. The Hall–Kier alpha value is -1.08. The molecule has 0 spiro atoms. The minimum atomic E-state index is -3.49. The Morgan fingerprint density at radius 3 is 2.67 bits per heavy atom. The summed E-state index contributed by atoms with van der Waals surface area (Å²) < 4.78 is 27.6. The van der Waals surface area contributed by atoms with E-state index in [1.807, 2.05) is 0 Å². The quantitative estimate of drug-likeness (QED) is 0.754. The number of rotatable bonds is 3. The van der Waals surface area contributed by atoms with Gasteiger partial charge in [0.15, 0.2) is 5.82 Å². The molecule has 6 nitrogen and oxygen atoms in total. The van der Waals surface area contributed by atoms with E-state index >= 15 is 0 Å². The fraction of sp³-hybridized carbons (Fsp3) is 0.625. The Labute approximate surface area is 88.5 Å². The first-order chi connectivity index (χ1) is 6.99. The van der Waals surface area contributed by atoms with E-state index in [9.17, 15) is 8.42 Å². The number of aryl methyl sites for hydroxylation is 1. The lowest BCUT2D eigenvalue weighted by Crippen LogP contribution is -2.39. The van der Waals surface area contributed by atoms with Crippen LogP contribution in [0.3, 0.4) is 0 Å². The van der Waals surface area contributed by atoms with Crippen LogP contribution in [0.4, 0.5) is 5.82 Å². The van der Waals surface area contributed by atoms with Gasteiger partial charge in [0.05, 0.1) is 0 Å². The first kappa shape index (κ1) is 10.4. The molecule has 0 unspecified atom stereocenters. The van der Waals surface area contributed by atoms with E-state index in [2.05, 4.69) is 9.82 Å².